The van der Waals surface area contributed by atoms with E-state index in [0.717, 1.165) is 30.2 Å². The summed E-state index contributed by atoms with van der Waals surface area (Å²) in [5.41, 5.74) is 8.98. The van der Waals surface area contributed by atoms with E-state index in [1.807, 2.05) is 0 Å². The lowest BCUT2D eigenvalue weighted by Gasteiger charge is -2.38. The van der Waals surface area contributed by atoms with Crippen LogP contribution in [0, 0.1) is 11.8 Å². The van der Waals surface area contributed by atoms with Crippen molar-refractivity contribution >= 4 is 0 Å². The van der Waals surface area contributed by atoms with Gasteiger partial charge in [0.15, 0.2) is 0 Å². The minimum atomic E-state index is 0.472. The zero-order valence-corrected chi connectivity index (χ0v) is 20.6. The highest BCUT2D eigenvalue weighted by Gasteiger charge is 2.28. The molecule has 2 N–H and O–H groups in total. The third-order valence-corrected chi connectivity index (χ3v) is 8.19. The molecule has 0 aliphatic heterocycles. The van der Waals surface area contributed by atoms with Gasteiger partial charge < -0.3 is 10.5 Å². The van der Waals surface area contributed by atoms with Gasteiger partial charge in [-0.3, -0.25) is 4.90 Å². The predicted molar refractivity (Wildman–Crippen MR) is 138 cm³/mol. The van der Waals surface area contributed by atoms with Gasteiger partial charge in [0.05, 0.1) is 7.11 Å². The van der Waals surface area contributed by atoms with Crippen LogP contribution < -0.4 is 10.5 Å². The molecule has 0 bridgehead atoms. The normalized spacial score (nSPS) is 25.8. The van der Waals surface area contributed by atoms with Crippen molar-refractivity contribution in [1.29, 1.82) is 0 Å². The molecule has 180 valence electrons. The standard InChI is InChI=1S/C30H44N2O/c1-33-30-19-13-27(14-20-30)23-32(21-5-8-24-6-3-2-4-7-24)29-17-11-26(12-18-29)22-25-9-15-28(31)16-10-25/h2-4,6-7,13-14,19-20,25-26,28-29H,5,8-12,15-18,21-23,31H2,1H3. The number of ether oxygens (including phenoxy) is 1. The monoisotopic (exact) mass is 448 g/mol. The molecule has 33 heavy (non-hydrogen) atoms. The van der Waals surface area contributed by atoms with Gasteiger partial charge in [0.1, 0.15) is 5.75 Å². The van der Waals surface area contributed by atoms with Crippen molar-refractivity contribution in [3.63, 3.8) is 0 Å². The van der Waals surface area contributed by atoms with Crippen LogP contribution >= 0.6 is 0 Å². The van der Waals surface area contributed by atoms with Crippen molar-refractivity contribution in [2.75, 3.05) is 13.7 Å². The van der Waals surface area contributed by atoms with Gasteiger partial charge in [0.2, 0.25) is 0 Å². The average Bonchev–Trinajstić information content (AvgIpc) is 2.86. The molecule has 4 rings (SSSR count). The Bertz CT molecular complexity index is 790. The Balaban J connectivity index is 1.31. The summed E-state index contributed by atoms with van der Waals surface area (Å²) < 4.78 is 5.36. The Morgan fingerprint density at radius 3 is 2.06 bits per heavy atom. The second-order valence-electron chi connectivity index (χ2n) is 10.6. The van der Waals surface area contributed by atoms with Crippen molar-refractivity contribution in [3.05, 3.63) is 65.7 Å². The molecule has 0 heterocycles. The quantitative estimate of drug-likeness (QED) is 0.445. The fraction of sp³-hybridized carbons (Fsp3) is 0.600. The number of nitrogens with two attached hydrogens (primary N) is 1. The molecule has 0 amide bonds. The van der Waals surface area contributed by atoms with E-state index in [-0.39, 0.29) is 0 Å². The van der Waals surface area contributed by atoms with Crippen molar-refractivity contribution in [2.24, 2.45) is 17.6 Å². The summed E-state index contributed by atoms with van der Waals surface area (Å²) in [5, 5.41) is 0. The maximum absolute atomic E-state index is 6.13. The lowest BCUT2D eigenvalue weighted by molar-refractivity contribution is 0.116. The van der Waals surface area contributed by atoms with Crippen LogP contribution in [0.5, 0.6) is 5.75 Å². The van der Waals surface area contributed by atoms with E-state index in [2.05, 4.69) is 59.5 Å². The number of hydrogen-bond acceptors (Lipinski definition) is 3. The minimum Gasteiger partial charge on any atom is -0.497 e. The maximum atomic E-state index is 6.13. The first kappa shape index (κ1) is 24.3. The molecule has 0 unspecified atom stereocenters. The molecule has 0 saturated heterocycles. The summed E-state index contributed by atoms with van der Waals surface area (Å²) in [6, 6.07) is 20.8. The maximum Gasteiger partial charge on any atom is 0.118 e. The zero-order chi connectivity index (χ0) is 22.9. The van der Waals surface area contributed by atoms with Gasteiger partial charge in [-0.25, -0.2) is 0 Å². The fourth-order valence-electron chi connectivity index (χ4n) is 6.13. The highest BCUT2D eigenvalue weighted by atomic mass is 16.5. The van der Waals surface area contributed by atoms with Crippen LogP contribution in [-0.2, 0) is 13.0 Å². The lowest BCUT2D eigenvalue weighted by atomic mass is 9.75. The van der Waals surface area contributed by atoms with Crippen LogP contribution in [0.1, 0.15) is 75.3 Å². The van der Waals surface area contributed by atoms with Gasteiger partial charge in [-0.2, -0.15) is 0 Å². The molecule has 3 nitrogen and oxygen atoms in total. The molecule has 0 atom stereocenters. The van der Waals surface area contributed by atoms with Crippen molar-refractivity contribution < 1.29 is 4.74 Å². The highest BCUT2D eigenvalue weighted by Crippen LogP contribution is 2.36. The SMILES string of the molecule is COc1ccc(CN(CCCc2ccccc2)C2CCC(CC3CCC(N)CC3)CC2)cc1. The van der Waals surface area contributed by atoms with Gasteiger partial charge in [-0.1, -0.05) is 42.5 Å². The van der Waals surface area contributed by atoms with Crippen LogP contribution in [0.2, 0.25) is 0 Å². The summed E-state index contributed by atoms with van der Waals surface area (Å²) in [6.07, 6.45) is 14.6. The van der Waals surface area contributed by atoms with Crippen molar-refractivity contribution in [3.8, 4) is 5.75 Å². The average molecular weight is 449 g/mol. The minimum absolute atomic E-state index is 0.472. The predicted octanol–water partition coefficient (Wildman–Crippen LogP) is 6.60. The topological polar surface area (TPSA) is 38.5 Å². The van der Waals surface area contributed by atoms with Crippen LogP contribution in [0.4, 0.5) is 0 Å². The molecule has 2 fully saturated rings. The van der Waals surface area contributed by atoms with Gasteiger partial charge in [-0.05, 0) is 112 Å². The largest absolute Gasteiger partial charge is 0.497 e. The van der Waals surface area contributed by atoms with Crippen molar-refractivity contribution in [2.45, 2.75) is 89.3 Å². The zero-order valence-electron chi connectivity index (χ0n) is 20.6. The highest BCUT2D eigenvalue weighted by molar-refractivity contribution is 5.27. The first-order valence-corrected chi connectivity index (χ1v) is 13.4. The Labute approximate surface area is 201 Å². The Hall–Kier alpha value is -1.84. The molecular formula is C30H44N2O. The number of hydrogen-bond donors (Lipinski definition) is 1. The van der Waals surface area contributed by atoms with Gasteiger partial charge in [-0.15, -0.1) is 0 Å². The molecule has 0 radical (unpaired) electrons. The third-order valence-electron chi connectivity index (χ3n) is 8.19. The Morgan fingerprint density at radius 1 is 0.788 bits per heavy atom. The third kappa shape index (κ3) is 7.58. The molecule has 3 heteroatoms. The smallest absolute Gasteiger partial charge is 0.118 e. The molecule has 2 aliphatic rings. The molecule has 2 aliphatic carbocycles. The number of methoxy groups -OCH3 is 1. The van der Waals surface area contributed by atoms with Gasteiger partial charge in [0.25, 0.3) is 0 Å². The van der Waals surface area contributed by atoms with Crippen LogP contribution in [0.15, 0.2) is 54.6 Å². The molecule has 0 spiro atoms. The molecule has 2 aromatic carbocycles. The van der Waals surface area contributed by atoms with Gasteiger partial charge in [0, 0.05) is 18.6 Å². The second kappa shape index (κ2) is 12.6. The van der Waals surface area contributed by atoms with E-state index < -0.39 is 0 Å². The summed E-state index contributed by atoms with van der Waals surface area (Å²) >= 11 is 0. The lowest BCUT2D eigenvalue weighted by Crippen LogP contribution is -2.39. The summed E-state index contributed by atoms with van der Waals surface area (Å²) in [6.45, 7) is 2.23. The fourth-order valence-corrected chi connectivity index (χ4v) is 6.13. The van der Waals surface area contributed by atoms with E-state index >= 15 is 0 Å². The van der Waals surface area contributed by atoms with Gasteiger partial charge >= 0.3 is 0 Å². The second-order valence-corrected chi connectivity index (χ2v) is 10.6. The summed E-state index contributed by atoms with van der Waals surface area (Å²) in [4.78, 5) is 2.78. The van der Waals surface area contributed by atoms with E-state index in [0.29, 0.717) is 6.04 Å². The Morgan fingerprint density at radius 2 is 1.42 bits per heavy atom. The first-order chi connectivity index (χ1) is 16.2. The van der Waals surface area contributed by atoms with Crippen LogP contribution in [0.3, 0.4) is 0 Å². The number of benzene rings is 2. The summed E-state index contributed by atoms with van der Waals surface area (Å²) in [7, 11) is 1.74. The van der Waals surface area contributed by atoms with Crippen LogP contribution in [-0.4, -0.2) is 30.6 Å². The number of nitrogens with zero attached hydrogens (tertiary/aromatic N) is 1. The Kier molecular flexibility index (Phi) is 9.26. The molecular weight excluding hydrogens is 404 g/mol. The van der Waals surface area contributed by atoms with E-state index in [9.17, 15) is 0 Å². The first-order valence-electron chi connectivity index (χ1n) is 13.4. The van der Waals surface area contributed by atoms with Crippen molar-refractivity contribution in [1.82, 2.24) is 4.90 Å². The van der Waals surface area contributed by atoms with E-state index in [4.69, 9.17) is 10.5 Å². The molecule has 0 aromatic heterocycles. The number of aryl methyl sites for hydroxylation is 1. The van der Waals surface area contributed by atoms with E-state index in [1.54, 1.807) is 7.11 Å². The molecule has 2 aromatic rings. The molecule has 2 saturated carbocycles. The summed E-state index contributed by atoms with van der Waals surface area (Å²) in [5.74, 6) is 2.82. The van der Waals surface area contributed by atoms with Crippen LogP contribution in [0.25, 0.3) is 0 Å². The van der Waals surface area contributed by atoms with E-state index in [1.165, 1.54) is 88.3 Å². The number of rotatable bonds is 10.